The molecule has 0 saturated heterocycles. The second-order valence-electron chi connectivity index (χ2n) is 0.565. The molecule has 0 unspecified atom stereocenters. The van der Waals surface area contributed by atoms with E-state index in [1.165, 1.54) is 0 Å². The predicted molar refractivity (Wildman–Crippen MR) is 21.8 cm³/mol. The Bertz CT molecular complexity index is 69.1. The summed E-state index contributed by atoms with van der Waals surface area (Å²) in [5, 5.41) is 0. The molecule has 0 heterocycles. The van der Waals surface area contributed by atoms with Gasteiger partial charge in [0.2, 0.25) is 0 Å². The van der Waals surface area contributed by atoms with Gasteiger partial charge in [0, 0.05) is 37.3 Å². The maximum atomic E-state index is 8.74. The molecule has 0 aromatic carbocycles. The summed E-state index contributed by atoms with van der Waals surface area (Å²) in [7, 11) is -6.26. The second kappa shape index (κ2) is 11.3. The first-order chi connectivity index (χ1) is 3.46. The van der Waals surface area contributed by atoms with Crippen molar-refractivity contribution in [3.05, 3.63) is 0 Å². The van der Waals surface area contributed by atoms with Gasteiger partial charge in [-0.2, -0.15) is 0 Å². The molecule has 0 aromatic rings. The van der Waals surface area contributed by atoms with E-state index < -0.39 is 18.3 Å². The third-order valence-corrected chi connectivity index (χ3v) is 0. The van der Waals surface area contributed by atoms with Gasteiger partial charge in [0.15, 0.2) is 0 Å². The number of hydrogen-bond donors (Lipinski definition) is 4. The molecular weight excluding hydrogens is 319 g/mol. The van der Waals surface area contributed by atoms with Crippen LogP contribution in [0, 0.1) is 37.3 Å². The fourth-order valence-electron chi connectivity index (χ4n) is 0. The first-order valence-electron chi connectivity index (χ1n) is 1.30. The van der Waals surface area contributed by atoms with Crippen LogP contribution in [0.25, 0.3) is 0 Å². The van der Waals surface area contributed by atoms with Crippen molar-refractivity contribution in [2.75, 3.05) is 0 Å². The molecule has 0 aromatic heterocycles. The van der Waals surface area contributed by atoms with Crippen LogP contribution in [0.1, 0.15) is 0 Å². The molecule has 0 radical (unpaired) electrons. The Morgan fingerprint density at radius 1 is 0.778 bits per heavy atom. The minimum Gasteiger partial charge on any atom is -0.511 e. The van der Waals surface area contributed by atoms with Crippen molar-refractivity contribution in [1.82, 2.24) is 0 Å². The molecule has 9 heteroatoms. The molecule has 0 bridgehead atoms. The summed E-state index contributed by atoms with van der Waals surface area (Å²) in [6, 6.07) is 0. The van der Waals surface area contributed by atoms with E-state index in [0.29, 0.717) is 0 Å². The van der Waals surface area contributed by atoms with Crippen molar-refractivity contribution in [3.8, 4) is 0 Å². The minimum atomic E-state index is -3.13. The van der Waals surface area contributed by atoms with Crippen molar-refractivity contribution in [2.24, 2.45) is 0 Å². The topological polar surface area (TPSA) is 115 Å². The van der Waals surface area contributed by atoms with E-state index in [0.717, 1.165) is 0 Å². The van der Waals surface area contributed by atoms with Crippen LogP contribution in [0.4, 0.5) is 0 Å². The third kappa shape index (κ3) is 1540. The van der Waals surface area contributed by atoms with Crippen LogP contribution in [-0.4, -0.2) is 37.5 Å². The first-order valence-corrected chi connectivity index (χ1v) is 3.91. The molecule has 0 rings (SSSR count). The van der Waals surface area contributed by atoms with E-state index in [1.807, 2.05) is 0 Å². The number of rotatable bonds is 0. The van der Waals surface area contributed by atoms with Crippen molar-refractivity contribution < 1.29 is 65.4 Å². The molecule has 6 nitrogen and oxygen atoms in total. The van der Waals surface area contributed by atoms with Crippen LogP contribution < -0.4 is 0 Å². The molecule has 0 spiro atoms. The van der Waals surface area contributed by atoms with E-state index >= 15 is 0 Å². The van der Waals surface area contributed by atoms with Gasteiger partial charge >= 0.3 is 18.3 Å². The molecular formula is H4ErO6Si2. The van der Waals surface area contributed by atoms with Gasteiger partial charge in [0.1, 0.15) is 0 Å². The average molecular weight is 323 g/mol. The summed E-state index contributed by atoms with van der Waals surface area (Å²) in [5.74, 6) is 0. The van der Waals surface area contributed by atoms with E-state index in [1.54, 1.807) is 0 Å². The van der Waals surface area contributed by atoms with E-state index in [9.17, 15) is 0 Å². The average Bonchev–Trinajstić information content (AvgIpc) is 1.25. The number of hydrogen-bond acceptors (Lipinski definition) is 2. The largest absolute Gasteiger partial charge is 0.761 e. The maximum Gasteiger partial charge on any atom is 0.761 e. The van der Waals surface area contributed by atoms with Gasteiger partial charge in [-0.05, 0) is 0 Å². The first kappa shape index (κ1) is 16.2. The van der Waals surface area contributed by atoms with Crippen LogP contribution in [0.5, 0.6) is 0 Å². The third-order valence-electron chi connectivity index (χ3n) is 0. The van der Waals surface area contributed by atoms with Crippen molar-refractivity contribution in [3.63, 3.8) is 0 Å². The van der Waals surface area contributed by atoms with Gasteiger partial charge in [-0.1, -0.05) is 0 Å². The summed E-state index contributed by atoms with van der Waals surface area (Å²) >= 11 is 0. The van der Waals surface area contributed by atoms with E-state index in [-0.39, 0.29) is 37.3 Å². The maximum absolute atomic E-state index is 8.74. The molecule has 0 amide bonds. The molecule has 0 aliphatic heterocycles. The van der Waals surface area contributed by atoms with Crippen molar-refractivity contribution in [2.45, 2.75) is 0 Å². The molecule has 0 saturated carbocycles. The molecule has 0 fully saturated rings. The fourth-order valence-corrected chi connectivity index (χ4v) is 0. The van der Waals surface area contributed by atoms with Gasteiger partial charge in [0.05, 0.1) is 0 Å². The van der Waals surface area contributed by atoms with Gasteiger partial charge in [-0.15, -0.1) is 0 Å². The zero-order chi connectivity index (χ0) is 7.15. The molecule has 0 atom stereocenters. The Balaban J connectivity index is -0.0000000720. The smallest absolute Gasteiger partial charge is 0.511 e. The fraction of sp³-hybridized carbons (Fsp3) is 0. The van der Waals surface area contributed by atoms with Crippen LogP contribution in [0.15, 0.2) is 0 Å². The van der Waals surface area contributed by atoms with E-state index in [2.05, 4.69) is 0 Å². The Labute approximate surface area is 83.2 Å². The Morgan fingerprint density at radius 2 is 0.778 bits per heavy atom. The van der Waals surface area contributed by atoms with Gasteiger partial charge in [0.25, 0.3) is 0 Å². The Morgan fingerprint density at radius 3 is 0.778 bits per heavy atom. The quantitative estimate of drug-likeness (QED) is 0.349. The van der Waals surface area contributed by atoms with Gasteiger partial charge in [-0.3, -0.25) is 8.92 Å². The monoisotopic (exact) mass is 322 g/mol. The summed E-state index contributed by atoms with van der Waals surface area (Å²) in [4.78, 5) is 28.6. The molecule has 4 N–H and O–H groups in total. The van der Waals surface area contributed by atoms with Gasteiger partial charge < -0.3 is 19.2 Å². The predicted octanol–water partition coefficient (Wildman–Crippen LogP) is -3.23. The molecule has 60 valence electrons. The van der Waals surface area contributed by atoms with Crippen molar-refractivity contribution in [1.29, 1.82) is 0 Å². The molecule has 0 aliphatic carbocycles. The zero-order valence-electron chi connectivity index (χ0n) is 3.89. The van der Waals surface area contributed by atoms with E-state index in [4.69, 9.17) is 28.1 Å². The summed E-state index contributed by atoms with van der Waals surface area (Å²) in [5.41, 5.74) is 0. The van der Waals surface area contributed by atoms with Crippen molar-refractivity contribution >= 4 is 18.3 Å². The summed E-state index contributed by atoms with van der Waals surface area (Å²) in [6.07, 6.45) is 0. The van der Waals surface area contributed by atoms with Crippen LogP contribution in [0.3, 0.4) is 0 Å². The zero-order valence-corrected chi connectivity index (χ0v) is 7.75. The summed E-state index contributed by atoms with van der Waals surface area (Å²) < 4.78 is 17.5. The summed E-state index contributed by atoms with van der Waals surface area (Å²) in [6.45, 7) is 0. The second-order valence-corrected chi connectivity index (χ2v) is 1.70. The van der Waals surface area contributed by atoms with Crippen LogP contribution >= 0.6 is 0 Å². The Hall–Kier alpha value is 0.481. The van der Waals surface area contributed by atoms with Crippen LogP contribution in [0.2, 0.25) is 0 Å². The Kier molecular flexibility index (Phi) is 20.4. The SMILES string of the molecule is O=[Si](O)O.O=[Si](O)O.[Er]. The molecule has 9 heavy (non-hydrogen) atoms. The van der Waals surface area contributed by atoms with Crippen LogP contribution in [-0.2, 0) is 8.92 Å². The minimum absolute atomic E-state index is 0. The van der Waals surface area contributed by atoms with Gasteiger partial charge in [-0.25, -0.2) is 0 Å². The standard InChI is InChI=1S/Er.2H2O3Si/c;2*1-4(2)3/h;2*1-2H. The molecule has 0 aliphatic rings. The normalized spacial score (nSPS) is 5.33.